The van der Waals surface area contributed by atoms with E-state index >= 15 is 0 Å². The third-order valence-corrected chi connectivity index (χ3v) is 2.62. The average Bonchev–Trinajstić information content (AvgIpc) is 2.58. The van der Waals surface area contributed by atoms with E-state index in [2.05, 4.69) is 0 Å². The van der Waals surface area contributed by atoms with Crippen molar-refractivity contribution >= 4 is 35.0 Å². The van der Waals surface area contributed by atoms with Crippen LogP contribution in [0.2, 0.25) is 4.34 Å². The van der Waals surface area contributed by atoms with Crippen LogP contribution in [0.3, 0.4) is 0 Å². The Morgan fingerprint density at radius 3 is 3.00 bits per heavy atom. The normalized spacial score (nSPS) is 10.7. The molecule has 0 aliphatic heterocycles. The van der Waals surface area contributed by atoms with Crippen LogP contribution in [0.5, 0.6) is 0 Å². The van der Waals surface area contributed by atoms with Crippen LogP contribution in [0.1, 0.15) is 18.2 Å². The second-order valence-electron chi connectivity index (χ2n) is 2.64. The fourth-order valence-electron chi connectivity index (χ4n) is 0.819. The lowest BCUT2D eigenvalue weighted by Crippen LogP contribution is -2.00. The zero-order valence-corrected chi connectivity index (χ0v) is 9.40. The van der Waals surface area contributed by atoms with E-state index in [-0.39, 0.29) is 5.97 Å². The van der Waals surface area contributed by atoms with Crippen LogP contribution in [0.25, 0.3) is 6.08 Å². The molecule has 14 heavy (non-hydrogen) atoms. The van der Waals surface area contributed by atoms with Gasteiger partial charge in [0.15, 0.2) is 0 Å². The number of hydrogen-bond donors (Lipinski definition) is 0. The molecule has 0 saturated carbocycles. The van der Waals surface area contributed by atoms with E-state index in [0.717, 1.165) is 11.3 Å². The first-order valence-corrected chi connectivity index (χ1v) is 5.52. The lowest BCUT2D eigenvalue weighted by atomic mass is 10.4. The molecule has 0 N–H and O–H groups in total. The van der Waals surface area contributed by atoms with Gasteiger partial charge in [0.1, 0.15) is 0 Å². The first-order chi connectivity index (χ1) is 6.72. The molecule has 4 heteroatoms. The monoisotopic (exact) mass is 230 g/mol. The van der Waals surface area contributed by atoms with Crippen LogP contribution in [0.4, 0.5) is 0 Å². The van der Waals surface area contributed by atoms with Gasteiger partial charge in [-0.3, -0.25) is 0 Å². The SMILES string of the molecule is CCCOC(=O)C=Cc1ccc(Cl)s1. The molecule has 0 amide bonds. The number of hydrogen-bond acceptors (Lipinski definition) is 3. The summed E-state index contributed by atoms with van der Waals surface area (Å²) in [5, 5.41) is 0. The van der Waals surface area contributed by atoms with E-state index in [9.17, 15) is 4.79 Å². The average molecular weight is 231 g/mol. The van der Waals surface area contributed by atoms with Crippen molar-refractivity contribution in [3.05, 3.63) is 27.4 Å². The molecule has 0 atom stereocenters. The van der Waals surface area contributed by atoms with Gasteiger partial charge in [-0.1, -0.05) is 18.5 Å². The maximum Gasteiger partial charge on any atom is 0.330 e. The summed E-state index contributed by atoms with van der Waals surface area (Å²) in [7, 11) is 0. The Balaban J connectivity index is 2.43. The molecule has 1 aromatic rings. The topological polar surface area (TPSA) is 26.3 Å². The molecule has 0 aromatic carbocycles. The van der Waals surface area contributed by atoms with Gasteiger partial charge in [0, 0.05) is 11.0 Å². The molecule has 0 saturated heterocycles. The highest BCUT2D eigenvalue weighted by atomic mass is 35.5. The van der Waals surface area contributed by atoms with Crippen molar-refractivity contribution in [3.8, 4) is 0 Å². The second kappa shape index (κ2) is 5.83. The molecule has 0 unspecified atom stereocenters. The van der Waals surface area contributed by atoms with Gasteiger partial charge in [-0.15, -0.1) is 11.3 Å². The van der Waals surface area contributed by atoms with E-state index in [1.165, 1.54) is 17.4 Å². The summed E-state index contributed by atoms with van der Waals surface area (Å²) in [4.78, 5) is 12.0. The van der Waals surface area contributed by atoms with Crippen molar-refractivity contribution in [2.45, 2.75) is 13.3 Å². The zero-order valence-electron chi connectivity index (χ0n) is 7.83. The van der Waals surface area contributed by atoms with E-state index < -0.39 is 0 Å². The van der Waals surface area contributed by atoms with Crippen molar-refractivity contribution in [1.82, 2.24) is 0 Å². The standard InChI is InChI=1S/C10H11ClO2S/c1-2-7-13-10(12)6-4-8-3-5-9(11)14-8/h3-6H,2,7H2,1H3. The Labute approximate surface area is 92.2 Å². The largest absolute Gasteiger partial charge is 0.463 e. The molecule has 1 aromatic heterocycles. The Kier molecular flexibility index (Phi) is 4.70. The molecule has 0 spiro atoms. The van der Waals surface area contributed by atoms with Crippen molar-refractivity contribution in [2.24, 2.45) is 0 Å². The molecular formula is C10H11ClO2S. The summed E-state index contributed by atoms with van der Waals surface area (Å²) in [5.74, 6) is -0.309. The smallest absolute Gasteiger partial charge is 0.330 e. The molecule has 0 radical (unpaired) electrons. The maximum atomic E-state index is 11.0. The van der Waals surface area contributed by atoms with Gasteiger partial charge in [0.05, 0.1) is 10.9 Å². The Bertz CT molecular complexity index is 331. The predicted molar refractivity (Wildman–Crippen MR) is 59.6 cm³/mol. The molecule has 0 bridgehead atoms. The number of carbonyl (C=O) groups excluding carboxylic acids is 1. The van der Waals surface area contributed by atoms with Gasteiger partial charge in [-0.05, 0) is 24.6 Å². The van der Waals surface area contributed by atoms with Gasteiger partial charge in [-0.2, -0.15) is 0 Å². The van der Waals surface area contributed by atoms with Gasteiger partial charge in [-0.25, -0.2) is 4.79 Å². The highest BCUT2D eigenvalue weighted by Crippen LogP contribution is 2.22. The lowest BCUT2D eigenvalue weighted by molar-refractivity contribution is -0.137. The van der Waals surface area contributed by atoms with Crippen molar-refractivity contribution in [3.63, 3.8) is 0 Å². The third kappa shape index (κ3) is 3.94. The maximum absolute atomic E-state index is 11.0. The van der Waals surface area contributed by atoms with Crippen LogP contribution in [0, 0.1) is 0 Å². The van der Waals surface area contributed by atoms with E-state index in [1.54, 1.807) is 12.1 Å². The number of esters is 1. The second-order valence-corrected chi connectivity index (χ2v) is 4.39. The summed E-state index contributed by atoms with van der Waals surface area (Å²) < 4.78 is 5.58. The number of carbonyl (C=O) groups is 1. The van der Waals surface area contributed by atoms with Crippen molar-refractivity contribution in [1.29, 1.82) is 0 Å². The summed E-state index contributed by atoms with van der Waals surface area (Å²) in [5.41, 5.74) is 0. The van der Waals surface area contributed by atoms with Crippen molar-refractivity contribution in [2.75, 3.05) is 6.61 Å². The molecule has 1 rings (SSSR count). The summed E-state index contributed by atoms with van der Waals surface area (Å²) in [6, 6.07) is 3.65. The molecule has 0 aliphatic carbocycles. The quantitative estimate of drug-likeness (QED) is 0.586. The Hall–Kier alpha value is -0.800. The van der Waals surface area contributed by atoms with Crippen LogP contribution in [-0.4, -0.2) is 12.6 Å². The zero-order chi connectivity index (χ0) is 10.4. The summed E-state index contributed by atoms with van der Waals surface area (Å²) >= 11 is 7.15. The lowest BCUT2D eigenvalue weighted by Gasteiger charge is -1.96. The molecule has 0 fully saturated rings. The summed E-state index contributed by atoms with van der Waals surface area (Å²) in [6.07, 6.45) is 3.96. The van der Waals surface area contributed by atoms with Gasteiger partial charge >= 0.3 is 5.97 Å². The van der Waals surface area contributed by atoms with E-state index in [4.69, 9.17) is 16.3 Å². The van der Waals surface area contributed by atoms with Crippen LogP contribution >= 0.6 is 22.9 Å². The first-order valence-electron chi connectivity index (χ1n) is 4.32. The number of thiophene rings is 1. The minimum Gasteiger partial charge on any atom is -0.463 e. The van der Waals surface area contributed by atoms with E-state index in [1.807, 2.05) is 13.0 Å². The van der Waals surface area contributed by atoms with Gasteiger partial charge in [0.25, 0.3) is 0 Å². The van der Waals surface area contributed by atoms with Gasteiger partial charge in [0.2, 0.25) is 0 Å². The molecule has 0 aliphatic rings. The number of halogens is 1. The highest BCUT2D eigenvalue weighted by Gasteiger charge is 1.96. The third-order valence-electron chi connectivity index (χ3n) is 1.43. The number of ether oxygens (including phenoxy) is 1. The van der Waals surface area contributed by atoms with Crippen LogP contribution in [0.15, 0.2) is 18.2 Å². The Morgan fingerprint density at radius 2 is 2.43 bits per heavy atom. The van der Waals surface area contributed by atoms with Crippen molar-refractivity contribution < 1.29 is 9.53 Å². The van der Waals surface area contributed by atoms with E-state index in [0.29, 0.717) is 10.9 Å². The highest BCUT2D eigenvalue weighted by molar-refractivity contribution is 7.17. The van der Waals surface area contributed by atoms with Gasteiger partial charge < -0.3 is 4.74 Å². The minimum absolute atomic E-state index is 0.309. The molecule has 76 valence electrons. The fourth-order valence-corrected chi connectivity index (χ4v) is 1.78. The molecule has 2 nitrogen and oxygen atoms in total. The van der Waals surface area contributed by atoms with Crippen LogP contribution in [-0.2, 0) is 9.53 Å². The molecule has 1 heterocycles. The van der Waals surface area contributed by atoms with Crippen LogP contribution < -0.4 is 0 Å². The summed E-state index contributed by atoms with van der Waals surface area (Å²) in [6.45, 7) is 2.42. The molecular weight excluding hydrogens is 220 g/mol. The fraction of sp³-hybridized carbons (Fsp3) is 0.300. The Morgan fingerprint density at radius 1 is 1.64 bits per heavy atom. The predicted octanol–water partition coefficient (Wildman–Crippen LogP) is 3.37. The number of rotatable bonds is 4. The minimum atomic E-state index is -0.309. The first kappa shape index (κ1) is 11.3.